The summed E-state index contributed by atoms with van der Waals surface area (Å²) in [7, 11) is -1.22. The number of nitrogens with one attached hydrogen (secondary N) is 1. The molecule has 0 saturated carbocycles. The molecule has 0 aliphatic carbocycles. The lowest BCUT2D eigenvalue weighted by atomic mass is 10.3. The van der Waals surface area contributed by atoms with E-state index in [-0.39, 0.29) is 0 Å². The van der Waals surface area contributed by atoms with Crippen LogP contribution in [-0.2, 0) is 17.5 Å². The first-order valence-corrected chi connectivity index (χ1v) is 6.30. The molecule has 1 heterocycles. The number of anilines is 1. The molecule has 0 aliphatic rings. The van der Waals surface area contributed by atoms with Crippen LogP contribution in [0.2, 0.25) is 0 Å². The zero-order chi connectivity index (χ0) is 12.1. The third kappa shape index (κ3) is 3.37. The van der Waals surface area contributed by atoms with Crippen molar-refractivity contribution < 1.29 is 4.21 Å². The van der Waals surface area contributed by atoms with Gasteiger partial charge in [0.1, 0.15) is 11.0 Å². The summed E-state index contributed by atoms with van der Waals surface area (Å²) >= 11 is 0. The van der Waals surface area contributed by atoms with Crippen LogP contribution in [0.4, 0.5) is 5.69 Å². The molecule has 0 fully saturated rings. The lowest BCUT2D eigenvalue weighted by molar-refractivity contribution is 0.672. The summed E-state index contributed by atoms with van der Waals surface area (Å²) in [6.07, 6.45) is 3.42. The number of nitrogen functional groups attached to an aromatic ring is 1. The third-order valence-electron chi connectivity index (χ3n) is 2.25. The SMILES string of the molecule is Nc1ccc(S(=O)NCc2ccncc2)cc1. The number of aromatic nitrogens is 1. The standard InChI is InChI=1S/C12H13N3OS/c13-11-1-3-12(4-2-11)17(16)15-9-10-5-7-14-8-6-10/h1-8,15H,9,13H2. The molecule has 0 saturated heterocycles. The maximum atomic E-state index is 11.9. The summed E-state index contributed by atoms with van der Waals surface area (Å²) in [5.74, 6) is 0. The minimum atomic E-state index is -1.22. The Morgan fingerprint density at radius 2 is 1.76 bits per heavy atom. The van der Waals surface area contributed by atoms with Gasteiger partial charge in [0.2, 0.25) is 0 Å². The minimum absolute atomic E-state index is 0.541. The van der Waals surface area contributed by atoms with Gasteiger partial charge in [-0.1, -0.05) is 0 Å². The molecule has 17 heavy (non-hydrogen) atoms. The molecule has 0 spiro atoms. The van der Waals surface area contributed by atoms with Gasteiger partial charge < -0.3 is 5.73 Å². The molecule has 4 nitrogen and oxygen atoms in total. The first kappa shape index (κ1) is 11.8. The molecular formula is C12H13N3OS. The highest BCUT2D eigenvalue weighted by atomic mass is 32.2. The van der Waals surface area contributed by atoms with Crippen molar-refractivity contribution >= 4 is 16.7 Å². The number of hydrogen-bond donors (Lipinski definition) is 2. The third-order valence-corrected chi connectivity index (χ3v) is 3.36. The van der Waals surface area contributed by atoms with Gasteiger partial charge in [0.25, 0.3) is 0 Å². The van der Waals surface area contributed by atoms with Gasteiger partial charge in [-0.2, -0.15) is 0 Å². The van der Waals surface area contributed by atoms with E-state index in [0.717, 1.165) is 5.56 Å². The molecule has 2 aromatic rings. The fraction of sp³-hybridized carbons (Fsp3) is 0.0833. The second-order valence-electron chi connectivity index (χ2n) is 3.51. The Labute approximate surface area is 102 Å². The normalized spacial score (nSPS) is 12.2. The molecule has 0 aliphatic heterocycles. The Balaban J connectivity index is 1.96. The molecule has 0 radical (unpaired) electrons. The van der Waals surface area contributed by atoms with Crippen molar-refractivity contribution in [2.45, 2.75) is 11.4 Å². The topological polar surface area (TPSA) is 68.0 Å². The van der Waals surface area contributed by atoms with Crippen LogP contribution in [0.25, 0.3) is 0 Å². The molecule has 3 N–H and O–H groups in total. The second kappa shape index (κ2) is 5.56. The zero-order valence-electron chi connectivity index (χ0n) is 9.17. The highest BCUT2D eigenvalue weighted by molar-refractivity contribution is 7.83. The van der Waals surface area contributed by atoms with Crippen molar-refractivity contribution in [2.24, 2.45) is 0 Å². The van der Waals surface area contributed by atoms with E-state index in [2.05, 4.69) is 9.71 Å². The Kier molecular flexibility index (Phi) is 3.85. The molecule has 0 bridgehead atoms. The molecule has 1 atom stereocenters. The van der Waals surface area contributed by atoms with Crippen LogP contribution in [-0.4, -0.2) is 9.19 Å². The minimum Gasteiger partial charge on any atom is -0.399 e. The van der Waals surface area contributed by atoms with E-state index < -0.39 is 11.0 Å². The van der Waals surface area contributed by atoms with Gasteiger partial charge in [-0.25, -0.2) is 8.93 Å². The smallest absolute Gasteiger partial charge is 0.125 e. The molecule has 88 valence electrons. The number of nitrogens with two attached hydrogens (primary N) is 1. The van der Waals surface area contributed by atoms with Crippen LogP contribution >= 0.6 is 0 Å². The Bertz CT molecular complexity index is 499. The molecule has 1 aromatic heterocycles. The lowest BCUT2D eigenvalue weighted by Gasteiger charge is -2.04. The van der Waals surface area contributed by atoms with Gasteiger partial charge in [-0.05, 0) is 42.0 Å². The van der Waals surface area contributed by atoms with Crippen molar-refractivity contribution in [3.05, 3.63) is 54.4 Å². The molecular weight excluding hydrogens is 234 g/mol. The van der Waals surface area contributed by atoms with E-state index in [1.807, 2.05) is 12.1 Å². The summed E-state index contributed by atoms with van der Waals surface area (Å²) in [4.78, 5) is 4.64. The van der Waals surface area contributed by atoms with Crippen LogP contribution in [0, 0.1) is 0 Å². The Morgan fingerprint density at radius 1 is 1.12 bits per heavy atom. The summed E-state index contributed by atoms with van der Waals surface area (Å²) < 4.78 is 14.8. The van der Waals surface area contributed by atoms with Gasteiger partial charge >= 0.3 is 0 Å². The van der Waals surface area contributed by atoms with E-state index in [4.69, 9.17) is 5.73 Å². The predicted molar refractivity (Wildman–Crippen MR) is 68.3 cm³/mol. The Morgan fingerprint density at radius 3 is 2.41 bits per heavy atom. The van der Waals surface area contributed by atoms with Crippen LogP contribution in [0.1, 0.15) is 5.56 Å². The van der Waals surface area contributed by atoms with Crippen molar-refractivity contribution in [1.82, 2.24) is 9.71 Å². The fourth-order valence-corrected chi connectivity index (χ4v) is 2.17. The molecule has 5 heteroatoms. The number of nitrogens with zero attached hydrogens (tertiary/aromatic N) is 1. The Hall–Kier alpha value is -1.72. The predicted octanol–water partition coefficient (Wildman–Crippen LogP) is 1.48. The summed E-state index contributed by atoms with van der Waals surface area (Å²) in [6.45, 7) is 0.541. The first-order chi connectivity index (χ1) is 8.25. The average Bonchev–Trinajstić information content (AvgIpc) is 2.38. The molecule has 1 aromatic carbocycles. The van der Waals surface area contributed by atoms with E-state index >= 15 is 0 Å². The summed E-state index contributed by atoms with van der Waals surface area (Å²) in [6, 6.07) is 10.7. The van der Waals surface area contributed by atoms with Gasteiger partial charge in [-0.3, -0.25) is 4.98 Å². The van der Waals surface area contributed by atoms with E-state index in [0.29, 0.717) is 17.1 Å². The molecule has 0 amide bonds. The van der Waals surface area contributed by atoms with Crippen molar-refractivity contribution in [1.29, 1.82) is 0 Å². The van der Waals surface area contributed by atoms with Gasteiger partial charge in [-0.15, -0.1) is 0 Å². The largest absolute Gasteiger partial charge is 0.399 e. The quantitative estimate of drug-likeness (QED) is 0.804. The van der Waals surface area contributed by atoms with Crippen LogP contribution in [0.3, 0.4) is 0 Å². The van der Waals surface area contributed by atoms with E-state index in [9.17, 15) is 4.21 Å². The van der Waals surface area contributed by atoms with E-state index in [1.54, 1.807) is 36.7 Å². The van der Waals surface area contributed by atoms with Crippen LogP contribution in [0.5, 0.6) is 0 Å². The van der Waals surface area contributed by atoms with Gasteiger partial charge in [0.05, 0.1) is 4.90 Å². The fourth-order valence-electron chi connectivity index (χ4n) is 1.32. The van der Waals surface area contributed by atoms with Crippen molar-refractivity contribution in [2.75, 3.05) is 5.73 Å². The maximum absolute atomic E-state index is 11.9. The number of rotatable bonds is 4. The van der Waals surface area contributed by atoms with Gasteiger partial charge in [0, 0.05) is 24.6 Å². The maximum Gasteiger partial charge on any atom is 0.125 e. The van der Waals surface area contributed by atoms with Crippen LogP contribution < -0.4 is 10.5 Å². The first-order valence-electron chi connectivity index (χ1n) is 5.15. The number of hydrogen-bond acceptors (Lipinski definition) is 3. The highest BCUT2D eigenvalue weighted by Crippen LogP contribution is 2.09. The highest BCUT2D eigenvalue weighted by Gasteiger charge is 2.02. The summed E-state index contributed by atoms with van der Waals surface area (Å²) in [5, 5.41) is 0. The zero-order valence-corrected chi connectivity index (χ0v) is 9.98. The van der Waals surface area contributed by atoms with E-state index in [1.165, 1.54) is 0 Å². The van der Waals surface area contributed by atoms with Crippen molar-refractivity contribution in [3.63, 3.8) is 0 Å². The average molecular weight is 247 g/mol. The number of pyridine rings is 1. The van der Waals surface area contributed by atoms with Crippen molar-refractivity contribution in [3.8, 4) is 0 Å². The second-order valence-corrected chi connectivity index (χ2v) is 4.81. The number of benzene rings is 1. The van der Waals surface area contributed by atoms with Crippen LogP contribution in [0.15, 0.2) is 53.7 Å². The monoisotopic (exact) mass is 247 g/mol. The molecule has 2 rings (SSSR count). The molecule has 1 unspecified atom stereocenters. The summed E-state index contributed by atoms with van der Waals surface area (Å²) in [5.41, 5.74) is 7.28. The van der Waals surface area contributed by atoms with Gasteiger partial charge in [0.15, 0.2) is 0 Å². The lowest BCUT2D eigenvalue weighted by Crippen LogP contribution is -2.16.